The van der Waals surface area contributed by atoms with Crippen molar-refractivity contribution in [1.82, 2.24) is 5.32 Å². The number of carbonyl (C=O) groups excluding carboxylic acids is 1. The topological polar surface area (TPSA) is 45.5 Å². The van der Waals surface area contributed by atoms with Gasteiger partial charge < -0.3 is 14.0 Å². The summed E-state index contributed by atoms with van der Waals surface area (Å²) < 4.78 is 22.0. The van der Waals surface area contributed by atoms with Gasteiger partial charge in [0.05, 0.1) is 11.3 Å². The highest BCUT2D eigenvalue weighted by atomic mass is 32.2. The van der Waals surface area contributed by atoms with E-state index in [9.17, 15) is 9.18 Å². The van der Waals surface area contributed by atoms with E-state index < -0.39 is 0 Å². The van der Waals surface area contributed by atoms with Crippen molar-refractivity contribution in [2.45, 2.75) is 13.3 Å². The van der Waals surface area contributed by atoms with Crippen LogP contribution < -0.4 is 9.62 Å². The monoisotopic (exact) mass is 448 g/mol. The molecule has 4 aromatic rings. The van der Waals surface area contributed by atoms with Gasteiger partial charge in [0.2, 0.25) is 0 Å². The highest BCUT2D eigenvalue weighted by Crippen LogP contribution is 2.42. The Labute approximate surface area is 191 Å². The number of benzene rings is 3. The minimum atomic E-state index is -0.338. The highest BCUT2D eigenvalue weighted by molar-refractivity contribution is 8.00. The van der Waals surface area contributed by atoms with Gasteiger partial charge in [-0.05, 0) is 42.3 Å². The van der Waals surface area contributed by atoms with Gasteiger partial charge in [-0.25, -0.2) is 4.39 Å². The number of furan rings is 1. The molecule has 0 saturated carbocycles. The third-order valence-corrected chi connectivity index (χ3v) is 6.19. The van der Waals surface area contributed by atoms with Gasteiger partial charge in [0, 0.05) is 42.4 Å². The predicted molar refractivity (Wildman–Crippen MR) is 132 cm³/mol. The van der Waals surface area contributed by atoms with Crippen LogP contribution in [0.1, 0.15) is 23.7 Å². The molecule has 0 fully saturated rings. The second-order valence-electron chi connectivity index (χ2n) is 7.41. The fourth-order valence-electron chi connectivity index (χ4n) is 3.86. The first-order valence-electron chi connectivity index (χ1n) is 10.5. The first kappa shape index (κ1) is 22.0. The molecular weight excluding hydrogens is 423 g/mol. The van der Waals surface area contributed by atoms with E-state index in [1.165, 1.54) is 12.1 Å². The molecule has 4 rings (SSSR count). The highest BCUT2D eigenvalue weighted by Gasteiger charge is 2.24. The average Bonchev–Trinajstić information content (AvgIpc) is 3.20. The summed E-state index contributed by atoms with van der Waals surface area (Å²) in [6.07, 6.45) is 3.05. The largest absolute Gasteiger partial charge is 0.455 e. The van der Waals surface area contributed by atoms with Crippen molar-refractivity contribution in [2.24, 2.45) is 0 Å². The lowest BCUT2D eigenvalue weighted by atomic mass is 9.98. The van der Waals surface area contributed by atoms with Crippen molar-refractivity contribution in [3.05, 3.63) is 78.1 Å². The zero-order chi connectivity index (χ0) is 22.7. The van der Waals surface area contributed by atoms with Crippen molar-refractivity contribution < 1.29 is 13.6 Å². The van der Waals surface area contributed by atoms with Crippen LogP contribution in [0, 0.1) is 5.82 Å². The van der Waals surface area contributed by atoms with Crippen molar-refractivity contribution in [2.75, 3.05) is 24.2 Å². The van der Waals surface area contributed by atoms with E-state index in [-0.39, 0.29) is 11.7 Å². The molecule has 0 aliphatic carbocycles. The van der Waals surface area contributed by atoms with Crippen molar-refractivity contribution in [3.63, 3.8) is 0 Å². The van der Waals surface area contributed by atoms with E-state index in [2.05, 4.69) is 34.9 Å². The molecule has 6 heteroatoms. The summed E-state index contributed by atoms with van der Waals surface area (Å²) in [5, 5.41) is 3.45. The summed E-state index contributed by atoms with van der Waals surface area (Å²) in [6, 6.07) is 20.2. The van der Waals surface area contributed by atoms with E-state index in [1.54, 1.807) is 31.1 Å². The summed E-state index contributed by atoms with van der Waals surface area (Å²) in [5.74, 6) is -0.151. The molecule has 4 nitrogen and oxygen atoms in total. The van der Waals surface area contributed by atoms with Gasteiger partial charge in [-0.3, -0.25) is 4.79 Å². The zero-order valence-electron chi connectivity index (χ0n) is 18.3. The summed E-state index contributed by atoms with van der Waals surface area (Å²) >= 11 is 1.66. The Morgan fingerprint density at radius 2 is 1.78 bits per heavy atom. The number of carbonyl (C=O) groups is 1. The first-order valence-corrected chi connectivity index (χ1v) is 11.7. The second kappa shape index (κ2) is 9.49. The minimum absolute atomic E-state index is 0.245. The standard InChI is InChI=1S/C26H25FN2O2S/c1-4-14-29(32-3)22-16-23-21(15-20(22)17-8-6-5-7-9-17)24(26(30)28-2)25(31-23)18-10-12-19(27)13-11-18/h5-13,15-16H,4,14H2,1-3H3,(H,28,30). The van der Waals surface area contributed by atoms with Crippen LogP contribution in [-0.2, 0) is 0 Å². The molecule has 1 aromatic heterocycles. The zero-order valence-corrected chi connectivity index (χ0v) is 19.1. The van der Waals surface area contributed by atoms with E-state index in [4.69, 9.17) is 4.42 Å². The molecule has 1 N–H and O–H groups in total. The van der Waals surface area contributed by atoms with Crippen LogP contribution in [0.2, 0.25) is 0 Å². The third-order valence-electron chi connectivity index (χ3n) is 5.37. The maximum Gasteiger partial charge on any atom is 0.255 e. The number of hydrogen-bond acceptors (Lipinski definition) is 4. The van der Waals surface area contributed by atoms with Gasteiger partial charge in [0.1, 0.15) is 17.2 Å². The van der Waals surface area contributed by atoms with Gasteiger partial charge in [-0.1, -0.05) is 49.2 Å². The molecule has 0 atom stereocenters. The fraction of sp³-hybridized carbons (Fsp3) is 0.192. The SMILES string of the molecule is CCCN(SC)c1cc2oc(-c3ccc(F)cc3)c(C(=O)NC)c2cc1-c1ccccc1. The Balaban J connectivity index is 2.03. The molecule has 32 heavy (non-hydrogen) atoms. The lowest BCUT2D eigenvalue weighted by Gasteiger charge is -2.24. The number of anilines is 1. The molecule has 0 spiro atoms. The molecule has 1 amide bonds. The van der Waals surface area contributed by atoms with E-state index in [0.29, 0.717) is 22.5 Å². The van der Waals surface area contributed by atoms with Crippen LogP contribution in [0.5, 0.6) is 0 Å². The first-order chi connectivity index (χ1) is 15.6. The van der Waals surface area contributed by atoms with Crippen LogP contribution in [-0.4, -0.2) is 25.8 Å². The van der Waals surface area contributed by atoms with Crippen molar-refractivity contribution in [1.29, 1.82) is 0 Å². The molecular formula is C26H25FN2O2S. The molecule has 0 bridgehead atoms. The Kier molecular flexibility index (Phi) is 6.51. The fourth-order valence-corrected chi connectivity index (χ4v) is 4.57. The molecule has 1 heterocycles. The number of amides is 1. The van der Waals surface area contributed by atoms with E-state index in [1.807, 2.05) is 30.3 Å². The Bertz CT molecular complexity index is 1240. The Morgan fingerprint density at radius 1 is 1.06 bits per heavy atom. The van der Waals surface area contributed by atoms with Gasteiger partial charge in [-0.2, -0.15) is 0 Å². The lowest BCUT2D eigenvalue weighted by Crippen LogP contribution is -2.18. The third kappa shape index (κ3) is 4.10. The maximum absolute atomic E-state index is 13.5. The smallest absolute Gasteiger partial charge is 0.255 e. The summed E-state index contributed by atoms with van der Waals surface area (Å²) in [4.78, 5) is 12.9. The minimum Gasteiger partial charge on any atom is -0.455 e. The number of fused-ring (bicyclic) bond motifs is 1. The predicted octanol–water partition coefficient (Wildman–Crippen LogP) is 6.76. The summed E-state index contributed by atoms with van der Waals surface area (Å²) in [6.45, 7) is 3.02. The van der Waals surface area contributed by atoms with Crippen LogP contribution in [0.3, 0.4) is 0 Å². The maximum atomic E-state index is 13.5. The van der Waals surface area contributed by atoms with Crippen molar-refractivity contribution in [3.8, 4) is 22.5 Å². The number of nitrogens with one attached hydrogen (secondary N) is 1. The number of nitrogens with zero attached hydrogens (tertiary/aromatic N) is 1. The van der Waals surface area contributed by atoms with Crippen LogP contribution in [0.15, 0.2) is 71.1 Å². The lowest BCUT2D eigenvalue weighted by molar-refractivity contribution is 0.0964. The Hall–Kier alpha value is -3.25. The summed E-state index contributed by atoms with van der Waals surface area (Å²) in [5.41, 5.74) is 4.83. The molecule has 0 aliphatic heterocycles. The molecule has 0 radical (unpaired) electrons. The van der Waals surface area contributed by atoms with Gasteiger partial charge in [0.15, 0.2) is 0 Å². The van der Waals surface area contributed by atoms with Gasteiger partial charge in [-0.15, -0.1) is 0 Å². The quantitative estimate of drug-likeness (QED) is 0.317. The van der Waals surface area contributed by atoms with Gasteiger partial charge >= 0.3 is 0 Å². The second-order valence-corrected chi connectivity index (χ2v) is 8.21. The average molecular weight is 449 g/mol. The number of hydrogen-bond donors (Lipinski definition) is 1. The normalized spacial score (nSPS) is 11.0. The molecule has 164 valence electrons. The van der Waals surface area contributed by atoms with Crippen LogP contribution in [0.4, 0.5) is 10.1 Å². The molecule has 3 aromatic carbocycles. The molecule has 0 aliphatic rings. The van der Waals surface area contributed by atoms with Crippen molar-refractivity contribution >= 4 is 34.5 Å². The van der Waals surface area contributed by atoms with E-state index in [0.717, 1.165) is 35.2 Å². The Morgan fingerprint density at radius 3 is 2.41 bits per heavy atom. The van der Waals surface area contributed by atoms with Crippen LogP contribution >= 0.6 is 11.9 Å². The number of rotatable bonds is 7. The molecule has 0 saturated heterocycles. The number of halogens is 1. The molecule has 0 unspecified atom stereocenters. The van der Waals surface area contributed by atoms with Gasteiger partial charge in [0.25, 0.3) is 5.91 Å². The van der Waals surface area contributed by atoms with Crippen LogP contribution in [0.25, 0.3) is 33.4 Å². The summed E-state index contributed by atoms with van der Waals surface area (Å²) in [7, 11) is 1.60. The van der Waals surface area contributed by atoms with E-state index >= 15 is 0 Å².